The van der Waals surface area contributed by atoms with Crippen molar-refractivity contribution in [2.45, 2.75) is 43.4 Å². The Bertz CT molecular complexity index is 955. The molecule has 0 bridgehead atoms. The van der Waals surface area contributed by atoms with Crippen LogP contribution in [0.2, 0.25) is 0 Å². The topological polar surface area (TPSA) is 74.7 Å². The van der Waals surface area contributed by atoms with E-state index in [1.54, 1.807) is 36.0 Å². The second-order valence-electron chi connectivity index (χ2n) is 7.49. The summed E-state index contributed by atoms with van der Waals surface area (Å²) in [4.78, 5) is 12.1. The van der Waals surface area contributed by atoms with Gasteiger partial charge in [0.05, 0.1) is 16.9 Å². The highest BCUT2D eigenvalue weighted by atomic mass is 32.2. The lowest BCUT2D eigenvalue weighted by atomic mass is 9.90. The molecular weight excluding hydrogens is 406 g/mol. The Balaban J connectivity index is 2.06. The monoisotopic (exact) mass is 433 g/mol. The highest BCUT2D eigenvalue weighted by molar-refractivity contribution is 7.99. The first-order valence-electron chi connectivity index (χ1n) is 9.73. The van der Waals surface area contributed by atoms with Crippen LogP contribution in [0.3, 0.4) is 0 Å². The van der Waals surface area contributed by atoms with Crippen LogP contribution >= 0.6 is 11.8 Å². The van der Waals surface area contributed by atoms with E-state index >= 15 is 0 Å². The molecule has 0 amide bonds. The Morgan fingerprint density at radius 2 is 1.62 bits per heavy atom. The van der Waals surface area contributed by atoms with Crippen LogP contribution in [0, 0.1) is 19.8 Å². The molecule has 3 rings (SSSR count). The van der Waals surface area contributed by atoms with Gasteiger partial charge >= 0.3 is 5.97 Å². The molecule has 156 valence electrons. The van der Waals surface area contributed by atoms with E-state index in [0.717, 1.165) is 22.4 Å². The predicted octanol–water partition coefficient (Wildman–Crippen LogP) is 4.26. The lowest BCUT2D eigenvalue weighted by molar-refractivity contribution is -0.143. The van der Waals surface area contributed by atoms with Gasteiger partial charge in [0.25, 0.3) is 0 Å². The summed E-state index contributed by atoms with van der Waals surface area (Å²) in [5, 5.41) is 9.65. The first-order valence-corrected chi connectivity index (χ1v) is 12.2. The molecule has 5 nitrogen and oxygen atoms in total. The Morgan fingerprint density at radius 1 is 1.07 bits per heavy atom. The minimum absolute atomic E-state index is 0.0260. The number of benzene rings is 2. The van der Waals surface area contributed by atoms with Crippen molar-refractivity contribution >= 4 is 27.8 Å². The highest BCUT2D eigenvalue weighted by Crippen LogP contribution is 2.42. The molecule has 2 aromatic rings. The van der Waals surface area contributed by atoms with Crippen LogP contribution < -0.4 is 0 Å². The summed E-state index contributed by atoms with van der Waals surface area (Å²) in [6, 6.07) is 14.2. The van der Waals surface area contributed by atoms with Crippen molar-refractivity contribution in [1.29, 1.82) is 0 Å². The summed E-state index contributed by atoms with van der Waals surface area (Å²) in [7, 11) is -3.83. The van der Waals surface area contributed by atoms with Gasteiger partial charge in [-0.3, -0.25) is 4.79 Å². The van der Waals surface area contributed by atoms with Crippen LogP contribution in [0.25, 0.3) is 0 Å². The lowest BCUT2D eigenvalue weighted by Gasteiger charge is -2.41. The smallest absolute Gasteiger partial charge is 0.308 e. The van der Waals surface area contributed by atoms with E-state index in [4.69, 9.17) is 0 Å². The zero-order chi connectivity index (χ0) is 21.2. The maximum Gasteiger partial charge on any atom is 0.308 e. The number of carboxylic acids is 1. The van der Waals surface area contributed by atoms with Gasteiger partial charge in [0, 0.05) is 11.8 Å². The number of nitrogens with zero attached hydrogens (tertiary/aromatic N) is 1. The fraction of sp³-hybridized carbons (Fsp3) is 0.409. The number of aryl methyl sites for hydroxylation is 2. The molecule has 0 aliphatic carbocycles. The van der Waals surface area contributed by atoms with Crippen molar-refractivity contribution in [3.8, 4) is 0 Å². The number of thioether (sulfide) groups is 1. The van der Waals surface area contributed by atoms with Gasteiger partial charge in [-0.15, -0.1) is 0 Å². The molecule has 7 heteroatoms. The number of carbonyl (C=O) groups is 1. The third-order valence-corrected chi connectivity index (χ3v) is 8.59. The van der Waals surface area contributed by atoms with Gasteiger partial charge in [0.15, 0.2) is 0 Å². The number of hydrogen-bond donors (Lipinski definition) is 1. The van der Waals surface area contributed by atoms with Crippen LogP contribution in [0.4, 0.5) is 0 Å². The fourth-order valence-corrected chi connectivity index (χ4v) is 6.61. The molecule has 0 unspecified atom stereocenters. The summed E-state index contributed by atoms with van der Waals surface area (Å²) < 4.78 is 28.4. The first kappa shape index (κ1) is 21.9. The van der Waals surface area contributed by atoms with Gasteiger partial charge < -0.3 is 5.11 Å². The van der Waals surface area contributed by atoms with E-state index in [2.05, 4.69) is 0 Å². The number of aliphatic carboxylic acids is 1. The summed E-state index contributed by atoms with van der Waals surface area (Å²) in [5.74, 6) is -0.885. The van der Waals surface area contributed by atoms with Crippen molar-refractivity contribution in [1.82, 2.24) is 4.31 Å². The van der Waals surface area contributed by atoms with Gasteiger partial charge in [0.1, 0.15) is 0 Å². The SMILES string of the molecule is CCS[C@@H]1C[C@@H](c2ccc(C)cc2)N(S(=O)(=O)c2ccc(C)cc2)C[C@H]1C(=O)O. The maximum absolute atomic E-state index is 13.5. The zero-order valence-corrected chi connectivity index (χ0v) is 18.5. The summed E-state index contributed by atoms with van der Waals surface area (Å²) in [6.07, 6.45) is 0.476. The number of carboxylic acid groups (broad SMARTS) is 1. The molecule has 1 N–H and O–H groups in total. The quantitative estimate of drug-likeness (QED) is 0.737. The molecule has 1 fully saturated rings. The average molecular weight is 434 g/mol. The number of rotatable bonds is 6. The highest BCUT2D eigenvalue weighted by Gasteiger charge is 2.45. The number of piperidine rings is 1. The standard InChI is InChI=1S/C22H27NO4S2/c1-4-28-21-13-20(17-9-5-15(2)6-10-17)23(14-19(21)22(24)25)29(26,27)18-11-7-16(3)8-12-18/h5-12,19-21H,4,13-14H2,1-3H3,(H,24,25)/t19-,20+,21-/m1/s1. The second-order valence-corrected chi connectivity index (χ2v) is 10.9. The summed E-state index contributed by atoms with van der Waals surface area (Å²) in [6.45, 7) is 5.86. The van der Waals surface area contributed by atoms with Gasteiger partial charge in [-0.25, -0.2) is 8.42 Å². The first-order chi connectivity index (χ1) is 13.7. The average Bonchev–Trinajstić information content (AvgIpc) is 2.68. The molecule has 29 heavy (non-hydrogen) atoms. The molecule has 3 atom stereocenters. The van der Waals surface area contributed by atoms with Gasteiger partial charge in [-0.05, 0) is 43.7 Å². The molecule has 2 aromatic carbocycles. The van der Waals surface area contributed by atoms with Crippen LogP contribution in [0.15, 0.2) is 53.4 Å². The largest absolute Gasteiger partial charge is 0.481 e. The lowest BCUT2D eigenvalue weighted by Crippen LogP contribution is -2.49. The minimum Gasteiger partial charge on any atom is -0.481 e. The summed E-state index contributed by atoms with van der Waals surface area (Å²) >= 11 is 1.60. The molecule has 1 saturated heterocycles. The fourth-order valence-electron chi connectivity index (χ4n) is 3.78. The van der Waals surface area contributed by atoms with Crippen molar-refractivity contribution in [2.24, 2.45) is 5.92 Å². The number of sulfonamides is 1. The normalized spacial score (nSPS) is 23.1. The maximum atomic E-state index is 13.5. The van der Waals surface area contributed by atoms with E-state index in [-0.39, 0.29) is 22.7 Å². The molecule has 1 aliphatic heterocycles. The molecule has 1 heterocycles. The molecule has 0 radical (unpaired) electrons. The van der Waals surface area contributed by atoms with E-state index in [9.17, 15) is 18.3 Å². The molecule has 0 saturated carbocycles. The van der Waals surface area contributed by atoms with E-state index in [0.29, 0.717) is 6.42 Å². The van der Waals surface area contributed by atoms with Crippen LogP contribution in [-0.4, -0.2) is 41.3 Å². The van der Waals surface area contributed by atoms with Crippen molar-refractivity contribution in [3.63, 3.8) is 0 Å². The minimum atomic E-state index is -3.83. The molecule has 0 spiro atoms. The summed E-state index contributed by atoms with van der Waals surface area (Å²) in [5.41, 5.74) is 2.97. The van der Waals surface area contributed by atoms with Crippen LogP contribution in [-0.2, 0) is 14.8 Å². The third kappa shape index (κ3) is 4.68. The Morgan fingerprint density at radius 3 is 2.14 bits per heavy atom. The van der Waals surface area contributed by atoms with Gasteiger partial charge in [0.2, 0.25) is 10.0 Å². The van der Waals surface area contributed by atoms with Gasteiger partial charge in [-0.2, -0.15) is 16.1 Å². The Hall–Kier alpha value is -1.83. The second kappa shape index (κ2) is 8.90. The van der Waals surface area contributed by atoms with Crippen molar-refractivity contribution in [3.05, 3.63) is 65.2 Å². The van der Waals surface area contributed by atoms with Crippen molar-refractivity contribution in [2.75, 3.05) is 12.3 Å². The Labute approximate surface area is 177 Å². The molecular formula is C22H27NO4S2. The van der Waals surface area contributed by atoms with E-state index < -0.39 is 21.9 Å². The van der Waals surface area contributed by atoms with Gasteiger partial charge in [-0.1, -0.05) is 54.4 Å². The van der Waals surface area contributed by atoms with E-state index in [1.165, 1.54) is 4.31 Å². The molecule has 1 aliphatic rings. The third-order valence-electron chi connectivity index (χ3n) is 5.42. The van der Waals surface area contributed by atoms with Crippen LogP contribution in [0.5, 0.6) is 0 Å². The Kier molecular flexibility index (Phi) is 6.71. The van der Waals surface area contributed by atoms with E-state index in [1.807, 2.05) is 45.0 Å². The zero-order valence-electron chi connectivity index (χ0n) is 16.9. The number of hydrogen-bond acceptors (Lipinski definition) is 4. The predicted molar refractivity (Wildman–Crippen MR) is 117 cm³/mol. The van der Waals surface area contributed by atoms with Crippen molar-refractivity contribution < 1.29 is 18.3 Å². The molecule has 0 aromatic heterocycles. The van der Waals surface area contributed by atoms with Crippen LogP contribution in [0.1, 0.15) is 36.1 Å².